The number of nitrogens with two attached hydrogens (primary N) is 2. The van der Waals surface area contributed by atoms with Crippen LogP contribution in [0.4, 0.5) is 0 Å². The third-order valence-corrected chi connectivity index (χ3v) is 12.8. The number of nitrogens with zero attached hydrogens (tertiary/aromatic N) is 2. The smallest absolute Gasteiger partial charge is 0.326 e. The number of rotatable bonds is 35. The number of unbranched alkanes of at least 4 members (excludes halogenated alkanes) is 1. The number of amides is 9. The van der Waals surface area contributed by atoms with Gasteiger partial charge in [-0.05, 0) is 76.2 Å². The van der Waals surface area contributed by atoms with E-state index in [1.807, 2.05) is 39.9 Å². The maximum Gasteiger partial charge on any atom is 0.326 e. The molecule has 1 aromatic rings. The number of carboxylic acid groups (broad SMARTS) is 3. The summed E-state index contributed by atoms with van der Waals surface area (Å²) in [4.78, 5) is 166. The lowest BCUT2D eigenvalue weighted by atomic mass is 9.95. The van der Waals surface area contributed by atoms with E-state index in [4.69, 9.17) is 16.6 Å². The number of H-pyrrole nitrogens is 1. The standard InChI is InChI=1S/C49H81N13O16/c1-8-26(6)39(61-41(69)29(51)16-24(2)3)47(75)58-33(17-25(4)5)48(76)62-15-11-13-36(62)46(74)55-30(12-9-10-14-50)42(70)56-31(18-28-21-52-23-53-28)44(72)60-35(22-63)45(73)57-32(19-37(64)65)43(71)54-27(7)40(68)59-34(49(77)78)20-38(66)67/h21,23-27,29-36,39,63H,8-20,22,50-51H2,1-7H3,(H,52,53)(H,54,71)(H,55,74)(H,56,70)(H,57,73)(H,58,75)(H,59,68)(H,60,72)(H,61,69)(H,64,65)(H,66,67)(H,77,78)/t26-,27-,29-,30-,31-,32-,33-,34-,35-,36-,39-/m0/s1. The van der Waals surface area contributed by atoms with Gasteiger partial charge in [0.1, 0.15) is 54.4 Å². The molecular weight excluding hydrogens is 1030 g/mol. The lowest BCUT2D eigenvalue weighted by Crippen LogP contribution is -2.61. The van der Waals surface area contributed by atoms with Gasteiger partial charge in [0, 0.05) is 24.9 Å². The van der Waals surface area contributed by atoms with Crippen LogP contribution in [-0.2, 0) is 64.0 Å². The first-order chi connectivity index (χ1) is 36.6. The third-order valence-electron chi connectivity index (χ3n) is 12.8. The van der Waals surface area contributed by atoms with Crippen molar-refractivity contribution in [1.29, 1.82) is 0 Å². The van der Waals surface area contributed by atoms with Gasteiger partial charge in [-0.1, -0.05) is 48.0 Å². The Morgan fingerprint density at radius 3 is 1.77 bits per heavy atom. The van der Waals surface area contributed by atoms with Crippen LogP contribution in [0.3, 0.4) is 0 Å². The van der Waals surface area contributed by atoms with E-state index in [1.54, 1.807) is 6.92 Å². The van der Waals surface area contributed by atoms with Crippen molar-refractivity contribution in [3.05, 3.63) is 18.2 Å². The van der Waals surface area contributed by atoms with Gasteiger partial charge >= 0.3 is 17.9 Å². The Balaban J connectivity index is 2.36. The number of hydrogen-bond acceptors (Lipinski definition) is 16. The summed E-state index contributed by atoms with van der Waals surface area (Å²) >= 11 is 0. The highest BCUT2D eigenvalue weighted by Gasteiger charge is 2.41. The minimum atomic E-state index is -1.96. The molecule has 17 N–H and O–H groups in total. The molecule has 1 aliphatic rings. The molecule has 1 aromatic heterocycles. The highest BCUT2D eigenvalue weighted by molar-refractivity contribution is 5.99. The molecule has 2 heterocycles. The summed E-state index contributed by atoms with van der Waals surface area (Å²) in [5, 5.41) is 57.3. The van der Waals surface area contributed by atoms with Crippen molar-refractivity contribution in [3.8, 4) is 0 Å². The van der Waals surface area contributed by atoms with Crippen molar-refractivity contribution in [2.75, 3.05) is 19.7 Å². The molecule has 0 radical (unpaired) electrons. The van der Waals surface area contributed by atoms with Crippen molar-refractivity contribution in [1.82, 2.24) is 57.4 Å². The van der Waals surface area contributed by atoms with Crippen LogP contribution in [0.15, 0.2) is 12.5 Å². The molecule has 9 amide bonds. The monoisotopic (exact) mass is 1110 g/mol. The quantitative estimate of drug-likeness (QED) is 0.0293. The zero-order chi connectivity index (χ0) is 59.0. The molecule has 78 heavy (non-hydrogen) atoms. The van der Waals surface area contributed by atoms with Gasteiger partial charge in [0.2, 0.25) is 53.2 Å². The van der Waals surface area contributed by atoms with E-state index in [9.17, 15) is 72.9 Å². The Kier molecular flexibility index (Phi) is 28.4. The molecule has 0 bridgehead atoms. The number of nitrogens with one attached hydrogen (secondary N) is 9. The van der Waals surface area contributed by atoms with E-state index in [0.717, 1.165) is 6.92 Å². The number of carbonyl (C=O) groups excluding carboxylic acids is 9. The van der Waals surface area contributed by atoms with Crippen LogP contribution >= 0.6 is 0 Å². The maximum atomic E-state index is 14.4. The van der Waals surface area contributed by atoms with Crippen molar-refractivity contribution in [3.63, 3.8) is 0 Å². The molecule has 2 rings (SSSR count). The Morgan fingerprint density at radius 2 is 1.22 bits per heavy atom. The number of aromatic nitrogens is 2. The normalized spacial score (nSPS) is 17.1. The lowest BCUT2D eigenvalue weighted by Gasteiger charge is -2.32. The van der Waals surface area contributed by atoms with E-state index in [-0.39, 0.29) is 56.5 Å². The minimum Gasteiger partial charge on any atom is -0.481 e. The predicted octanol–water partition coefficient (Wildman–Crippen LogP) is -3.54. The number of aliphatic carboxylic acids is 3. The van der Waals surface area contributed by atoms with Gasteiger partial charge in [0.05, 0.1) is 31.8 Å². The summed E-state index contributed by atoms with van der Waals surface area (Å²) in [6, 6.07) is -14.4. The Labute approximate surface area is 452 Å². The second-order valence-corrected chi connectivity index (χ2v) is 20.3. The Bertz CT molecular complexity index is 2230. The van der Waals surface area contributed by atoms with E-state index >= 15 is 0 Å². The number of likely N-dealkylation sites (tertiary alicyclic amines) is 1. The van der Waals surface area contributed by atoms with Crippen LogP contribution in [0.25, 0.3) is 0 Å². The summed E-state index contributed by atoms with van der Waals surface area (Å²) in [7, 11) is 0. The topological polar surface area (TPSA) is 466 Å². The van der Waals surface area contributed by atoms with Crippen LogP contribution < -0.4 is 54.0 Å². The average molecular weight is 1110 g/mol. The predicted molar refractivity (Wildman–Crippen MR) is 277 cm³/mol. The van der Waals surface area contributed by atoms with Crippen LogP contribution in [0, 0.1) is 17.8 Å². The number of carbonyl (C=O) groups is 12. The molecule has 0 spiro atoms. The van der Waals surface area contributed by atoms with Crippen LogP contribution in [0.2, 0.25) is 0 Å². The molecule has 11 atom stereocenters. The zero-order valence-corrected chi connectivity index (χ0v) is 45.3. The molecule has 1 saturated heterocycles. The van der Waals surface area contributed by atoms with Crippen molar-refractivity contribution < 1.29 is 78.0 Å². The van der Waals surface area contributed by atoms with E-state index < -0.39 is 151 Å². The van der Waals surface area contributed by atoms with Crippen LogP contribution in [-0.4, -0.2) is 186 Å². The molecule has 1 aliphatic heterocycles. The molecule has 0 unspecified atom stereocenters. The summed E-state index contributed by atoms with van der Waals surface area (Å²) in [6.07, 6.45) is 2.59. The van der Waals surface area contributed by atoms with E-state index in [1.165, 1.54) is 17.4 Å². The van der Waals surface area contributed by atoms with Crippen molar-refractivity contribution in [2.45, 2.75) is 180 Å². The maximum absolute atomic E-state index is 14.4. The third kappa shape index (κ3) is 22.4. The highest BCUT2D eigenvalue weighted by atomic mass is 16.4. The van der Waals surface area contributed by atoms with Crippen molar-refractivity contribution in [2.24, 2.45) is 29.2 Å². The molecule has 29 nitrogen and oxygen atoms in total. The van der Waals surface area contributed by atoms with E-state index in [2.05, 4.69) is 47.2 Å². The Hall–Kier alpha value is -7.27. The summed E-state index contributed by atoms with van der Waals surface area (Å²) in [6.45, 7) is 11.5. The molecular formula is C49H81N13O16. The number of aromatic amines is 1. The molecule has 29 heteroatoms. The lowest BCUT2D eigenvalue weighted by molar-refractivity contribution is -0.147. The highest BCUT2D eigenvalue weighted by Crippen LogP contribution is 2.22. The van der Waals surface area contributed by atoms with E-state index in [0.29, 0.717) is 37.8 Å². The van der Waals surface area contributed by atoms with Gasteiger partial charge in [0.25, 0.3) is 0 Å². The SMILES string of the molecule is CC[C@H](C)[C@H](NC(=O)[C@@H](N)CC(C)C)C(=O)N[C@@H](CC(C)C)C(=O)N1CCC[C@H]1C(=O)N[C@@H](CCCCN)C(=O)N[C@@H](Cc1cnc[nH]1)C(=O)N[C@@H](CO)C(=O)N[C@@H](CC(=O)O)C(=O)N[C@@H](C)C(=O)N[C@@H](CC(=O)O)C(=O)O. The summed E-state index contributed by atoms with van der Waals surface area (Å²) in [5.41, 5.74) is 12.2. The zero-order valence-electron chi connectivity index (χ0n) is 45.3. The average Bonchev–Trinajstić information content (AvgIpc) is 4.08. The van der Waals surface area contributed by atoms with Gasteiger partial charge in [-0.25, -0.2) is 9.78 Å². The minimum absolute atomic E-state index is 0.000861. The number of aliphatic hydroxyl groups is 1. The van der Waals surface area contributed by atoms with Gasteiger partial charge in [-0.15, -0.1) is 0 Å². The second kappa shape index (κ2) is 33.1. The first-order valence-corrected chi connectivity index (χ1v) is 26.1. The molecule has 0 aliphatic carbocycles. The van der Waals surface area contributed by atoms with Gasteiger partial charge in [-0.2, -0.15) is 0 Å². The van der Waals surface area contributed by atoms with Crippen LogP contribution in [0.1, 0.15) is 118 Å². The Morgan fingerprint density at radius 1 is 0.667 bits per heavy atom. The summed E-state index contributed by atoms with van der Waals surface area (Å²) in [5.74, 6) is -13.3. The van der Waals surface area contributed by atoms with Gasteiger partial charge in [-0.3, -0.25) is 52.7 Å². The largest absolute Gasteiger partial charge is 0.481 e. The number of imidazole rings is 1. The fraction of sp³-hybridized carbons (Fsp3) is 0.694. The first-order valence-electron chi connectivity index (χ1n) is 26.1. The summed E-state index contributed by atoms with van der Waals surface area (Å²) < 4.78 is 0. The fourth-order valence-corrected chi connectivity index (χ4v) is 8.34. The van der Waals surface area contributed by atoms with Gasteiger partial charge < -0.3 is 84.3 Å². The number of carboxylic acids is 3. The molecule has 0 aromatic carbocycles. The molecule has 1 fully saturated rings. The van der Waals surface area contributed by atoms with Gasteiger partial charge in [0.15, 0.2) is 0 Å². The van der Waals surface area contributed by atoms with Crippen LogP contribution in [0.5, 0.6) is 0 Å². The molecule has 438 valence electrons. The first kappa shape index (κ1) is 66.8. The van der Waals surface area contributed by atoms with Crippen molar-refractivity contribution >= 4 is 71.1 Å². The fourth-order valence-electron chi connectivity index (χ4n) is 8.34. The number of aliphatic hydroxyl groups excluding tert-OH is 1. The molecule has 0 saturated carbocycles. The number of hydrogen-bond donors (Lipinski definition) is 15. The second-order valence-electron chi connectivity index (χ2n) is 20.3.